The number of ether oxygens (including phenoxy) is 1. The van der Waals surface area contributed by atoms with Gasteiger partial charge in [-0.15, -0.1) is 0 Å². The highest BCUT2D eigenvalue weighted by Crippen LogP contribution is 2.06. The lowest BCUT2D eigenvalue weighted by Gasteiger charge is -2.22. The number of alkyl carbamates (subject to hydrolysis) is 1. The standard InChI is InChI=1S/C9H21NO2Si/c1-9(2,3)12-8(11)10-7-13(4,5)6/h7H2,1-6H3,(H,10,11). The normalized spacial score (nSPS) is 12.5. The van der Waals surface area contributed by atoms with Gasteiger partial charge in [0, 0.05) is 6.17 Å². The van der Waals surface area contributed by atoms with E-state index in [0.29, 0.717) is 0 Å². The number of hydrogen-bond donors (Lipinski definition) is 1. The molecule has 0 aliphatic heterocycles. The summed E-state index contributed by atoms with van der Waals surface area (Å²) in [6, 6.07) is 0. The zero-order chi connectivity index (χ0) is 10.7. The number of nitrogens with one attached hydrogen (secondary N) is 1. The molecule has 0 heterocycles. The SMILES string of the molecule is CC(C)(C)OC(=O)NC[Si](C)(C)C. The van der Waals surface area contributed by atoms with E-state index < -0.39 is 13.7 Å². The predicted octanol–water partition coefficient (Wildman–Crippen LogP) is 2.39. The van der Waals surface area contributed by atoms with Crippen molar-refractivity contribution in [2.45, 2.75) is 46.0 Å². The van der Waals surface area contributed by atoms with Crippen molar-refractivity contribution in [1.82, 2.24) is 5.32 Å². The minimum Gasteiger partial charge on any atom is -0.444 e. The van der Waals surface area contributed by atoms with Gasteiger partial charge >= 0.3 is 6.09 Å². The average molecular weight is 203 g/mol. The summed E-state index contributed by atoms with van der Waals surface area (Å²) in [6.07, 6.45) is 0.456. The molecule has 0 aromatic heterocycles. The van der Waals surface area contributed by atoms with Crippen molar-refractivity contribution in [3.8, 4) is 0 Å². The lowest BCUT2D eigenvalue weighted by atomic mass is 10.2. The molecule has 0 aromatic carbocycles. The predicted molar refractivity (Wildman–Crippen MR) is 57.6 cm³/mol. The number of rotatable bonds is 2. The summed E-state index contributed by atoms with van der Waals surface area (Å²) in [5.74, 6) is 0. The van der Waals surface area contributed by atoms with Crippen molar-refractivity contribution < 1.29 is 9.53 Å². The number of hydrogen-bond acceptors (Lipinski definition) is 2. The van der Waals surface area contributed by atoms with Crippen LogP contribution in [0.3, 0.4) is 0 Å². The summed E-state index contributed by atoms with van der Waals surface area (Å²) in [7, 11) is -1.21. The van der Waals surface area contributed by atoms with E-state index in [1.807, 2.05) is 20.8 Å². The molecule has 0 saturated carbocycles. The van der Waals surface area contributed by atoms with E-state index in [2.05, 4.69) is 25.0 Å². The van der Waals surface area contributed by atoms with Gasteiger partial charge in [0.2, 0.25) is 0 Å². The van der Waals surface area contributed by atoms with Crippen LogP contribution in [0.2, 0.25) is 19.6 Å². The van der Waals surface area contributed by atoms with Gasteiger partial charge in [0.25, 0.3) is 0 Å². The molecule has 0 bridgehead atoms. The molecule has 0 rings (SSSR count). The van der Waals surface area contributed by atoms with Crippen LogP contribution in [0.25, 0.3) is 0 Å². The first-order valence-electron chi connectivity index (χ1n) is 4.57. The third kappa shape index (κ3) is 9.40. The fourth-order valence-electron chi connectivity index (χ4n) is 0.652. The quantitative estimate of drug-likeness (QED) is 0.700. The summed E-state index contributed by atoms with van der Waals surface area (Å²) >= 11 is 0. The smallest absolute Gasteiger partial charge is 0.407 e. The van der Waals surface area contributed by atoms with Crippen LogP contribution in [0.4, 0.5) is 4.79 Å². The maximum absolute atomic E-state index is 11.2. The fourth-order valence-corrected chi connectivity index (χ4v) is 1.33. The first-order chi connectivity index (χ1) is 5.60. The molecule has 0 spiro atoms. The molecule has 0 fully saturated rings. The van der Waals surface area contributed by atoms with E-state index in [4.69, 9.17) is 4.74 Å². The van der Waals surface area contributed by atoms with Gasteiger partial charge in [-0.3, -0.25) is 0 Å². The molecule has 13 heavy (non-hydrogen) atoms. The Morgan fingerprint density at radius 3 is 2.08 bits per heavy atom. The molecule has 1 N–H and O–H groups in total. The van der Waals surface area contributed by atoms with Crippen LogP contribution < -0.4 is 5.32 Å². The van der Waals surface area contributed by atoms with E-state index in [1.165, 1.54) is 0 Å². The van der Waals surface area contributed by atoms with Crippen molar-refractivity contribution in [1.29, 1.82) is 0 Å². The summed E-state index contributed by atoms with van der Waals surface area (Å²) in [5, 5.41) is 2.78. The highest BCUT2D eigenvalue weighted by molar-refractivity contribution is 6.76. The topological polar surface area (TPSA) is 38.3 Å². The number of amides is 1. The lowest BCUT2D eigenvalue weighted by molar-refractivity contribution is 0.0536. The Labute approximate surface area is 81.9 Å². The second kappa shape index (κ2) is 4.13. The molecule has 0 saturated heterocycles. The van der Waals surface area contributed by atoms with Crippen LogP contribution in [-0.2, 0) is 4.74 Å². The van der Waals surface area contributed by atoms with Crippen molar-refractivity contribution in [2.24, 2.45) is 0 Å². The highest BCUT2D eigenvalue weighted by Gasteiger charge is 2.19. The summed E-state index contributed by atoms with van der Waals surface area (Å²) in [6.45, 7) is 12.2. The van der Waals surface area contributed by atoms with Crippen LogP contribution in [0.1, 0.15) is 20.8 Å². The minimum absolute atomic E-state index is 0.310. The maximum Gasteiger partial charge on any atom is 0.407 e. The van der Waals surface area contributed by atoms with Gasteiger partial charge in [-0.1, -0.05) is 19.6 Å². The first-order valence-corrected chi connectivity index (χ1v) is 8.28. The molecule has 0 aliphatic rings. The Morgan fingerprint density at radius 1 is 1.31 bits per heavy atom. The number of carbonyl (C=O) groups excluding carboxylic acids is 1. The van der Waals surface area contributed by atoms with E-state index >= 15 is 0 Å². The van der Waals surface area contributed by atoms with Gasteiger partial charge in [0.05, 0.1) is 8.07 Å². The molecular weight excluding hydrogens is 182 g/mol. The zero-order valence-electron chi connectivity index (χ0n) is 9.52. The second-order valence-electron chi connectivity index (χ2n) is 5.42. The van der Waals surface area contributed by atoms with Crippen molar-refractivity contribution in [3.05, 3.63) is 0 Å². The minimum atomic E-state index is -1.21. The van der Waals surface area contributed by atoms with E-state index in [-0.39, 0.29) is 6.09 Å². The molecular formula is C9H21NO2Si. The average Bonchev–Trinajstić information content (AvgIpc) is 1.78. The fraction of sp³-hybridized carbons (Fsp3) is 0.889. The van der Waals surface area contributed by atoms with Crippen LogP contribution in [0.15, 0.2) is 0 Å². The third-order valence-corrected chi connectivity index (χ3v) is 2.40. The number of carbonyl (C=O) groups is 1. The molecule has 0 atom stereocenters. The Kier molecular flexibility index (Phi) is 3.97. The van der Waals surface area contributed by atoms with Crippen molar-refractivity contribution >= 4 is 14.2 Å². The Hall–Kier alpha value is -0.513. The molecule has 0 unspecified atom stereocenters. The Morgan fingerprint density at radius 2 is 1.77 bits per heavy atom. The summed E-state index contributed by atoms with van der Waals surface area (Å²) < 4.78 is 5.11. The monoisotopic (exact) mass is 203 g/mol. The van der Waals surface area contributed by atoms with E-state index in [1.54, 1.807) is 0 Å². The lowest BCUT2D eigenvalue weighted by Crippen LogP contribution is -2.42. The largest absolute Gasteiger partial charge is 0.444 e. The molecule has 0 aliphatic carbocycles. The Balaban J connectivity index is 3.78. The van der Waals surface area contributed by atoms with Crippen LogP contribution in [0.5, 0.6) is 0 Å². The zero-order valence-corrected chi connectivity index (χ0v) is 10.5. The molecule has 1 amide bonds. The highest BCUT2D eigenvalue weighted by atomic mass is 28.3. The molecule has 3 nitrogen and oxygen atoms in total. The summed E-state index contributed by atoms with van der Waals surface area (Å²) in [4.78, 5) is 11.2. The van der Waals surface area contributed by atoms with Crippen molar-refractivity contribution in [2.75, 3.05) is 6.17 Å². The van der Waals surface area contributed by atoms with E-state index in [0.717, 1.165) is 6.17 Å². The second-order valence-corrected chi connectivity index (χ2v) is 10.9. The van der Waals surface area contributed by atoms with Crippen LogP contribution >= 0.6 is 0 Å². The third-order valence-electron chi connectivity index (χ3n) is 1.16. The Bertz CT molecular complexity index is 179. The molecule has 78 valence electrons. The van der Waals surface area contributed by atoms with Gasteiger partial charge in [-0.05, 0) is 20.8 Å². The summed E-state index contributed by atoms with van der Waals surface area (Å²) in [5.41, 5.74) is -0.399. The van der Waals surface area contributed by atoms with Gasteiger partial charge in [0.1, 0.15) is 5.60 Å². The van der Waals surface area contributed by atoms with Crippen molar-refractivity contribution in [3.63, 3.8) is 0 Å². The van der Waals surface area contributed by atoms with Gasteiger partial charge < -0.3 is 10.1 Å². The molecule has 0 aromatic rings. The van der Waals surface area contributed by atoms with Crippen LogP contribution in [-0.4, -0.2) is 25.9 Å². The van der Waals surface area contributed by atoms with Gasteiger partial charge in [0.15, 0.2) is 0 Å². The first kappa shape index (κ1) is 12.5. The maximum atomic E-state index is 11.2. The molecule has 4 heteroatoms. The van der Waals surface area contributed by atoms with Crippen LogP contribution in [0, 0.1) is 0 Å². The van der Waals surface area contributed by atoms with E-state index in [9.17, 15) is 4.79 Å². The molecule has 0 radical (unpaired) electrons. The van der Waals surface area contributed by atoms with Gasteiger partial charge in [-0.2, -0.15) is 0 Å². The van der Waals surface area contributed by atoms with Gasteiger partial charge in [-0.25, -0.2) is 4.79 Å².